The smallest absolute Gasteiger partial charge is 0.337 e. The largest absolute Gasteiger partial charge is 0.473 e. The van der Waals surface area contributed by atoms with Gasteiger partial charge in [-0.05, 0) is 72.3 Å². The first-order valence-electron chi connectivity index (χ1n) is 15.0. The number of carbonyl (C=O) groups excluding carboxylic acids is 1. The van der Waals surface area contributed by atoms with Crippen LogP contribution >= 0.6 is 0 Å². The summed E-state index contributed by atoms with van der Waals surface area (Å²) in [5.41, 5.74) is 2.97. The molecule has 1 atom stereocenters. The summed E-state index contributed by atoms with van der Waals surface area (Å²) in [6.45, 7) is 1.48. The predicted octanol–water partition coefficient (Wildman–Crippen LogP) is 6.87. The quantitative estimate of drug-likeness (QED) is 0.190. The van der Waals surface area contributed by atoms with Crippen molar-refractivity contribution in [1.82, 2.24) is 14.9 Å². The second-order valence-corrected chi connectivity index (χ2v) is 11.9. The summed E-state index contributed by atoms with van der Waals surface area (Å²) >= 11 is 0. The molecule has 3 heterocycles. The van der Waals surface area contributed by atoms with Gasteiger partial charge in [-0.3, -0.25) is 0 Å². The summed E-state index contributed by atoms with van der Waals surface area (Å²) in [4.78, 5) is 16.7. The van der Waals surface area contributed by atoms with Gasteiger partial charge in [-0.25, -0.2) is 22.9 Å². The summed E-state index contributed by atoms with van der Waals surface area (Å²) < 4.78 is 58.5. The standard InChI is InChI=1S/C36H29F3N4O3/c1-45-35(44)23-8-7-22-12-26(43(32(22)15-23)33-18-41-20-36(33)9-10-36)13-25-14-30(39)27(16-29(25)38)31-3-2-4-34(42-31)46-19-24-6-5-21(17-40)11-28(24)37/h2-8,11-12,14-16,33,41H,9-10,13,18-20H2,1H3/t33-/m0/s1. The van der Waals surface area contributed by atoms with Crippen LogP contribution in [0.5, 0.6) is 5.88 Å². The zero-order chi connectivity index (χ0) is 32.0. The van der Waals surface area contributed by atoms with Crippen molar-refractivity contribution in [1.29, 1.82) is 5.26 Å². The molecule has 7 nitrogen and oxygen atoms in total. The van der Waals surface area contributed by atoms with E-state index in [1.807, 2.05) is 24.3 Å². The lowest BCUT2D eigenvalue weighted by Gasteiger charge is -2.24. The van der Waals surface area contributed by atoms with Crippen LogP contribution in [0.3, 0.4) is 0 Å². The van der Waals surface area contributed by atoms with E-state index < -0.39 is 23.4 Å². The number of benzene rings is 3. The van der Waals surface area contributed by atoms with Crippen molar-refractivity contribution >= 4 is 16.9 Å². The van der Waals surface area contributed by atoms with Crippen LogP contribution in [0.15, 0.2) is 72.8 Å². The van der Waals surface area contributed by atoms with Gasteiger partial charge in [0.15, 0.2) is 0 Å². The Labute approximate surface area is 263 Å². The fourth-order valence-corrected chi connectivity index (χ4v) is 6.50. The van der Waals surface area contributed by atoms with E-state index in [1.165, 1.54) is 25.3 Å². The minimum atomic E-state index is -0.643. The van der Waals surface area contributed by atoms with E-state index in [4.69, 9.17) is 14.7 Å². The van der Waals surface area contributed by atoms with Gasteiger partial charge >= 0.3 is 5.97 Å². The molecule has 1 aliphatic heterocycles. The lowest BCUT2D eigenvalue weighted by atomic mass is 9.99. The first-order valence-corrected chi connectivity index (χ1v) is 15.0. The maximum atomic E-state index is 15.7. The first kappa shape index (κ1) is 29.6. The van der Waals surface area contributed by atoms with Gasteiger partial charge < -0.3 is 19.4 Å². The molecular formula is C36H29F3N4O3. The molecule has 3 aromatic carbocycles. The fraction of sp³-hybridized carbons (Fsp3) is 0.250. The zero-order valence-corrected chi connectivity index (χ0v) is 24.9. The Balaban J connectivity index is 1.18. The molecule has 1 saturated heterocycles. The number of nitriles is 1. The zero-order valence-electron chi connectivity index (χ0n) is 24.9. The lowest BCUT2D eigenvalue weighted by Crippen LogP contribution is -2.21. The Morgan fingerprint density at radius 2 is 1.85 bits per heavy atom. The third-order valence-electron chi connectivity index (χ3n) is 9.13. The highest BCUT2D eigenvalue weighted by molar-refractivity contribution is 5.95. The van der Waals surface area contributed by atoms with Gasteiger partial charge in [-0.2, -0.15) is 5.26 Å². The molecule has 0 amide bonds. The van der Waals surface area contributed by atoms with E-state index in [2.05, 4.69) is 14.9 Å². The normalized spacial score (nSPS) is 16.5. The third kappa shape index (κ3) is 5.37. The van der Waals surface area contributed by atoms with Crippen LogP contribution in [0.2, 0.25) is 0 Å². The molecule has 46 heavy (non-hydrogen) atoms. The molecule has 10 heteroatoms. The van der Waals surface area contributed by atoms with Gasteiger partial charge in [-0.15, -0.1) is 0 Å². The third-order valence-corrected chi connectivity index (χ3v) is 9.13. The predicted molar refractivity (Wildman–Crippen MR) is 165 cm³/mol. The highest BCUT2D eigenvalue weighted by atomic mass is 19.1. The fourth-order valence-electron chi connectivity index (χ4n) is 6.50. The van der Waals surface area contributed by atoms with Crippen LogP contribution in [0.4, 0.5) is 13.2 Å². The highest BCUT2D eigenvalue weighted by Gasteiger charge is 2.53. The van der Waals surface area contributed by atoms with Gasteiger partial charge in [-0.1, -0.05) is 18.2 Å². The van der Waals surface area contributed by atoms with Crippen molar-refractivity contribution in [3.8, 4) is 23.2 Å². The Bertz CT molecular complexity index is 2050. The maximum Gasteiger partial charge on any atom is 0.337 e. The molecule has 1 aliphatic carbocycles. The van der Waals surface area contributed by atoms with E-state index in [-0.39, 0.29) is 58.3 Å². The number of hydrogen-bond acceptors (Lipinski definition) is 6. The second-order valence-electron chi connectivity index (χ2n) is 11.9. The Morgan fingerprint density at radius 3 is 2.61 bits per heavy atom. The molecule has 0 unspecified atom stereocenters. The van der Waals surface area contributed by atoms with Crippen LogP contribution in [0, 0.1) is 34.2 Å². The average Bonchev–Trinajstić information content (AvgIpc) is 3.61. The maximum absolute atomic E-state index is 15.7. The number of nitrogens with one attached hydrogen (secondary N) is 1. The lowest BCUT2D eigenvalue weighted by molar-refractivity contribution is 0.0601. The van der Waals surface area contributed by atoms with Gasteiger partial charge in [0.1, 0.15) is 24.1 Å². The van der Waals surface area contributed by atoms with Crippen molar-refractivity contribution < 1.29 is 27.4 Å². The minimum Gasteiger partial charge on any atom is -0.473 e. The molecular weight excluding hydrogens is 593 g/mol. The molecule has 1 N–H and O–H groups in total. The van der Waals surface area contributed by atoms with Crippen molar-refractivity contribution in [3.63, 3.8) is 0 Å². The molecule has 232 valence electrons. The molecule has 2 fully saturated rings. The molecule has 2 aromatic heterocycles. The number of aromatic nitrogens is 2. The number of pyridine rings is 1. The monoisotopic (exact) mass is 622 g/mol. The number of ether oxygens (including phenoxy) is 2. The topological polar surface area (TPSA) is 89.2 Å². The van der Waals surface area contributed by atoms with Gasteiger partial charge in [0.05, 0.1) is 36.0 Å². The molecule has 1 saturated carbocycles. The van der Waals surface area contributed by atoms with E-state index in [1.54, 1.807) is 24.3 Å². The number of hydrogen-bond donors (Lipinski definition) is 1. The van der Waals surface area contributed by atoms with Gasteiger partial charge in [0.2, 0.25) is 5.88 Å². The van der Waals surface area contributed by atoms with Crippen molar-refractivity contribution in [2.45, 2.75) is 31.9 Å². The van der Waals surface area contributed by atoms with Gasteiger partial charge in [0, 0.05) is 53.3 Å². The summed E-state index contributed by atoms with van der Waals surface area (Å²) in [5, 5.41) is 13.3. The Hall–Kier alpha value is -5.14. The Kier molecular flexibility index (Phi) is 7.49. The van der Waals surface area contributed by atoms with Crippen molar-refractivity contribution in [3.05, 3.63) is 118 Å². The number of fused-ring (bicyclic) bond motifs is 1. The van der Waals surface area contributed by atoms with E-state index >= 15 is 8.78 Å². The van der Waals surface area contributed by atoms with E-state index in [0.717, 1.165) is 54.7 Å². The molecule has 7 rings (SSSR count). The average molecular weight is 623 g/mol. The summed E-state index contributed by atoms with van der Waals surface area (Å²) in [6, 6.07) is 20.5. The number of halogens is 3. The second kappa shape index (κ2) is 11.7. The Morgan fingerprint density at radius 1 is 1.02 bits per heavy atom. The van der Waals surface area contributed by atoms with Crippen LogP contribution in [0.25, 0.3) is 22.2 Å². The number of nitrogens with zero attached hydrogens (tertiary/aromatic N) is 3. The number of methoxy groups -OCH3 is 1. The van der Waals surface area contributed by atoms with Gasteiger partial charge in [0.25, 0.3) is 0 Å². The minimum absolute atomic E-state index is 0.0311. The summed E-state index contributed by atoms with van der Waals surface area (Å²) in [5.74, 6) is -2.13. The van der Waals surface area contributed by atoms with Crippen molar-refractivity contribution in [2.24, 2.45) is 5.41 Å². The highest BCUT2D eigenvalue weighted by Crippen LogP contribution is 2.57. The molecule has 5 aromatic rings. The van der Waals surface area contributed by atoms with E-state index in [0.29, 0.717) is 5.56 Å². The first-order chi connectivity index (χ1) is 22.3. The number of rotatable bonds is 8. The van der Waals surface area contributed by atoms with Crippen LogP contribution in [0.1, 0.15) is 51.6 Å². The summed E-state index contributed by atoms with van der Waals surface area (Å²) in [7, 11) is 1.34. The molecule has 0 radical (unpaired) electrons. The van der Waals surface area contributed by atoms with E-state index in [9.17, 15) is 9.18 Å². The SMILES string of the molecule is COC(=O)c1ccc2cc(Cc3cc(F)c(-c4cccc(OCc5ccc(C#N)cc5F)n4)cc3F)n([C@H]3CNCC34CC4)c2c1. The molecule has 0 bridgehead atoms. The van der Waals surface area contributed by atoms with Crippen molar-refractivity contribution in [2.75, 3.05) is 20.2 Å². The summed E-state index contributed by atoms with van der Waals surface area (Å²) in [6.07, 6.45) is 2.30. The molecule has 2 aliphatic rings. The number of carbonyl (C=O) groups is 1. The number of esters is 1. The van der Waals surface area contributed by atoms with Crippen LogP contribution < -0.4 is 10.1 Å². The van der Waals surface area contributed by atoms with Crippen LogP contribution in [-0.2, 0) is 17.8 Å². The molecule has 1 spiro atoms. The van der Waals surface area contributed by atoms with Crippen LogP contribution in [-0.4, -0.2) is 35.7 Å².